The summed E-state index contributed by atoms with van der Waals surface area (Å²) in [6.07, 6.45) is 1.92. The first-order valence-corrected chi connectivity index (χ1v) is 12.7. The standard InChI is InChI=1S/C27H27N3O3S/c1-2-29(24-15-7-10-19-9-3-4-12-21(19)24)25(31)18-34-27-28-23-14-6-5-13-22(23)26(32)30(27)17-20-11-8-16-33-20/h3-7,9-10,12-15,20H,2,8,11,16-18H2,1H3. The third-order valence-electron chi connectivity index (χ3n) is 6.24. The Bertz CT molecular complexity index is 1390. The monoisotopic (exact) mass is 473 g/mol. The predicted octanol–water partition coefficient (Wildman–Crippen LogP) is 4.87. The minimum absolute atomic E-state index is 0.00135. The van der Waals surface area contributed by atoms with Crippen molar-refractivity contribution in [3.8, 4) is 0 Å². The lowest BCUT2D eigenvalue weighted by atomic mass is 10.1. The van der Waals surface area contributed by atoms with Crippen LogP contribution in [0.15, 0.2) is 76.7 Å². The number of rotatable bonds is 7. The van der Waals surface area contributed by atoms with Crippen molar-refractivity contribution < 1.29 is 9.53 Å². The molecule has 1 aliphatic rings. The number of carbonyl (C=O) groups excluding carboxylic acids is 1. The summed E-state index contributed by atoms with van der Waals surface area (Å²) >= 11 is 1.32. The van der Waals surface area contributed by atoms with E-state index in [4.69, 9.17) is 9.72 Å². The Morgan fingerprint density at radius 2 is 1.85 bits per heavy atom. The van der Waals surface area contributed by atoms with Crippen molar-refractivity contribution in [3.05, 3.63) is 77.1 Å². The van der Waals surface area contributed by atoms with Crippen LogP contribution in [-0.2, 0) is 16.1 Å². The van der Waals surface area contributed by atoms with Crippen LogP contribution in [0.25, 0.3) is 21.7 Å². The van der Waals surface area contributed by atoms with Crippen LogP contribution in [0.3, 0.4) is 0 Å². The molecule has 7 heteroatoms. The summed E-state index contributed by atoms with van der Waals surface area (Å²) in [7, 11) is 0. The molecule has 4 aromatic rings. The number of hydrogen-bond acceptors (Lipinski definition) is 5. The molecule has 0 radical (unpaired) electrons. The molecule has 1 unspecified atom stereocenters. The molecule has 1 atom stereocenters. The lowest BCUT2D eigenvalue weighted by molar-refractivity contribution is -0.116. The van der Waals surface area contributed by atoms with E-state index >= 15 is 0 Å². The summed E-state index contributed by atoms with van der Waals surface area (Å²) in [4.78, 5) is 33.2. The minimum Gasteiger partial charge on any atom is -0.376 e. The summed E-state index contributed by atoms with van der Waals surface area (Å²) in [5.41, 5.74) is 1.46. The minimum atomic E-state index is -0.0857. The number of thioether (sulfide) groups is 1. The van der Waals surface area contributed by atoms with Crippen molar-refractivity contribution in [2.45, 2.75) is 37.6 Å². The number of carbonyl (C=O) groups is 1. The number of nitrogens with zero attached hydrogens (tertiary/aromatic N) is 3. The second-order valence-electron chi connectivity index (χ2n) is 8.39. The Morgan fingerprint density at radius 1 is 1.09 bits per heavy atom. The van der Waals surface area contributed by atoms with E-state index in [1.54, 1.807) is 15.5 Å². The molecule has 2 heterocycles. The molecular formula is C27H27N3O3S. The van der Waals surface area contributed by atoms with Crippen molar-refractivity contribution in [1.29, 1.82) is 0 Å². The van der Waals surface area contributed by atoms with Crippen LogP contribution in [0, 0.1) is 0 Å². The molecule has 1 aliphatic heterocycles. The van der Waals surface area contributed by atoms with Crippen LogP contribution in [0.5, 0.6) is 0 Å². The fourth-order valence-electron chi connectivity index (χ4n) is 4.54. The van der Waals surface area contributed by atoms with Gasteiger partial charge in [0.2, 0.25) is 5.91 Å². The third kappa shape index (κ3) is 4.45. The molecule has 0 bridgehead atoms. The van der Waals surface area contributed by atoms with Crippen molar-refractivity contribution in [2.24, 2.45) is 0 Å². The normalized spacial score (nSPS) is 15.7. The molecular weight excluding hydrogens is 446 g/mol. The molecule has 0 N–H and O–H groups in total. The molecule has 5 rings (SSSR count). The fourth-order valence-corrected chi connectivity index (χ4v) is 5.42. The molecule has 0 aliphatic carbocycles. The van der Waals surface area contributed by atoms with Gasteiger partial charge in [-0.25, -0.2) is 4.98 Å². The Balaban J connectivity index is 1.44. The lowest BCUT2D eigenvalue weighted by Crippen LogP contribution is -2.33. The van der Waals surface area contributed by atoms with E-state index in [0.29, 0.717) is 29.1 Å². The lowest BCUT2D eigenvalue weighted by Gasteiger charge is -2.23. The molecule has 1 aromatic heterocycles. The fraction of sp³-hybridized carbons (Fsp3) is 0.296. The van der Waals surface area contributed by atoms with Crippen LogP contribution in [0.1, 0.15) is 19.8 Å². The quantitative estimate of drug-likeness (QED) is 0.283. The highest BCUT2D eigenvalue weighted by Crippen LogP contribution is 2.28. The first-order valence-electron chi connectivity index (χ1n) is 11.7. The Hall–Kier alpha value is -3.16. The van der Waals surface area contributed by atoms with Gasteiger partial charge < -0.3 is 9.64 Å². The molecule has 34 heavy (non-hydrogen) atoms. The highest BCUT2D eigenvalue weighted by molar-refractivity contribution is 7.99. The van der Waals surface area contributed by atoms with Crippen molar-refractivity contribution in [3.63, 3.8) is 0 Å². The topological polar surface area (TPSA) is 64.4 Å². The van der Waals surface area contributed by atoms with Gasteiger partial charge in [0.05, 0.1) is 35.0 Å². The van der Waals surface area contributed by atoms with Gasteiger partial charge in [0.25, 0.3) is 5.56 Å². The van der Waals surface area contributed by atoms with Gasteiger partial charge in [0.1, 0.15) is 0 Å². The van der Waals surface area contributed by atoms with Crippen molar-refractivity contribution in [1.82, 2.24) is 9.55 Å². The van der Waals surface area contributed by atoms with E-state index in [1.165, 1.54) is 11.8 Å². The Kier molecular flexibility index (Phi) is 6.65. The number of para-hydroxylation sites is 1. The molecule has 1 fully saturated rings. The third-order valence-corrected chi connectivity index (χ3v) is 7.20. The first-order chi connectivity index (χ1) is 16.7. The summed E-state index contributed by atoms with van der Waals surface area (Å²) in [6, 6.07) is 21.4. The van der Waals surface area contributed by atoms with Crippen LogP contribution < -0.4 is 10.5 Å². The summed E-state index contributed by atoms with van der Waals surface area (Å²) in [5, 5.41) is 3.29. The number of fused-ring (bicyclic) bond motifs is 2. The molecule has 0 saturated carbocycles. The average Bonchev–Trinajstić information content (AvgIpc) is 3.39. The number of hydrogen-bond donors (Lipinski definition) is 0. The second-order valence-corrected chi connectivity index (χ2v) is 9.33. The first kappa shape index (κ1) is 22.6. The molecule has 1 saturated heterocycles. The number of aromatic nitrogens is 2. The van der Waals surface area contributed by atoms with E-state index in [9.17, 15) is 9.59 Å². The van der Waals surface area contributed by atoms with Gasteiger partial charge in [0.15, 0.2) is 5.16 Å². The zero-order valence-corrected chi connectivity index (χ0v) is 20.0. The largest absolute Gasteiger partial charge is 0.376 e. The summed E-state index contributed by atoms with van der Waals surface area (Å²) < 4.78 is 7.47. The van der Waals surface area contributed by atoms with E-state index in [2.05, 4.69) is 12.1 Å². The number of benzene rings is 3. The molecule has 0 spiro atoms. The van der Waals surface area contributed by atoms with Gasteiger partial charge in [-0.2, -0.15) is 0 Å². The summed E-state index contributed by atoms with van der Waals surface area (Å²) in [5.74, 6) is 0.169. The SMILES string of the molecule is CCN(C(=O)CSc1nc2ccccc2c(=O)n1CC1CCCO1)c1cccc2ccccc12. The van der Waals surface area contributed by atoms with Gasteiger partial charge in [-0.15, -0.1) is 0 Å². The molecule has 1 amide bonds. The molecule has 6 nitrogen and oxygen atoms in total. The van der Waals surface area contributed by atoms with Crippen LogP contribution in [0.4, 0.5) is 5.69 Å². The van der Waals surface area contributed by atoms with E-state index in [-0.39, 0.29) is 23.3 Å². The van der Waals surface area contributed by atoms with E-state index in [1.807, 2.05) is 55.5 Å². The van der Waals surface area contributed by atoms with Crippen LogP contribution in [0.2, 0.25) is 0 Å². The van der Waals surface area contributed by atoms with Crippen molar-refractivity contribution >= 4 is 45.0 Å². The van der Waals surface area contributed by atoms with Crippen LogP contribution in [-0.4, -0.2) is 40.5 Å². The van der Waals surface area contributed by atoms with E-state index in [0.717, 1.165) is 35.9 Å². The predicted molar refractivity (Wildman–Crippen MR) is 138 cm³/mol. The zero-order valence-electron chi connectivity index (χ0n) is 19.1. The van der Waals surface area contributed by atoms with E-state index < -0.39 is 0 Å². The number of ether oxygens (including phenoxy) is 1. The average molecular weight is 474 g/mol. The number of anilines is 1. The molecule has 3 aromatic carbocycles. The maximum Gasteiger partial charge on any atom is 0.262 e. The zero-order chi connectivity index (χ0) is 23.5. The Morgan fingerprint density at radius 3 is 2.65 bits per heavy atom. The van der Waals surface area contributed by atoms with Crippen molar-refractivity contribution in [2.75, 3.05) is 23.8 Å². The van der Waals surface area contributed by atoms with Gasteiger partial charge in [-0.3, -0.25) is 14.2 Å². The van der Waals surface area contributed by atoms with Gasteiger partial charge in [-0.1, -0.05) is 60.3 Å². The van der Waals surface area contributed by atoms with Gasteiger partial charge in [-0.05, 0) is 43.4 Å². The smallest absolute Gasteiger partial charge is 0.262 e. The van der Waals surface area contributed by atoms with Crippen LogP contribution >= 0.6 is 11.8 Å². The highest BCUT2D eigenvalue weighted by atomic mass is 32.2. The highest BCUT2D eigenvalue weighted by Gasteiger charge is 2.22. The maximum absolute atomic E-state index is 13.4. The number of amides is 1. The summed E-state index contributed by atoms with van der Waals surface area (Å²) in [6.45, 7) is 3.71. The van der Waals surface area contributed by atoms with Gasteiger partial charge in [0, 0.05) is 18.5 Å². The van der Waals surface area contributed by atoms with Gasteiger partial charge >= 0.3 is 0 Å². The maximum atomic E-state index is 13.4. The second kappa shape index (κ2) is 9.99. The molecule has 174 valence electrons. The Labute approximate surface area is 202 Å².